The highest BCUT2D eigenvalue weighted by Crippen LogP contribution is 2.12. The first-order valence-corrected chi connectivity index (χ1v) is 6.84. The molecule has 0 aromatic rings. The van der Waals surface area contributed by atoms with Crippen molar-refractivity contribution in [3.63, 3.8) is 0 Å². The third kappa shape index (κ3) is 3.37. The summed E-state index contributed by atoms with van der Waals surface area (Å²) < 4.78 is 5.25. The van der Waals surface area contributed by atoms with Gasteiger partial charge >= 0.3 is 0 Å². The predicted molar refractivity (Wildman–Crippen MR) is 63.2 cm³/mol. The second-order valence-electron chi connectivity index (χ2n) is 4.51. The Hall–Kier alpha value is 0.137. The molecule has 1 fully saturated rings. The van der Waals surface area contributed by atoms with Gasteiger partial charge in [0, 0.05) is 19.1 Å². The topological polar surface area (TPSA) is 6.48 Å². The van der Waals surface area contributed by atoms with Crippen LogP contribution >= 0.6 is 0 Å². The zero-order valence-electron chi connectivity index (χ0n) is 10.1. The highest BCUT2D eigenvalue weighted by molar-refractivity contribution is 6.29. The molecule has 0 amide bonds. The van der Waals surface area contributed by atoms with Gasteiger partial charge in [0.2, 0.25) is 0 Å². The summed E-state index contributed by atoms with van der Waals surface area (Å²) in [6.07, 6.45) is 2.59. The Labute approximate surface area is 91.6 Å². The Morgan fingerprint density at radius 1 is 1.14 bits per heavy atom. The maximum atomic E-state index is 2.63. The van der Waals surface area contributed by atoms with E-state index in [2.05, 4.69) is 36.8 Å². The van der Waals surface area contributed by atoms with Gasteiger partial charge in [0.25, 0.3) is 9.84 Å². The summed E-state index contributed by atoms with van der Waals surface area (Å²) in [6, 6.07) is 0.773. The van der Waals surface area contributed by atoms with E-state index in [4.69, 9.17) is 0 Å². The highest BCUT2D eigenvalue weighted by atomic mass is 28.2. The summed E-state index contributed by atoms with van der Waals surface area (Å²) in [4.78, 5) is 0. The van der Waals surface area contributed by atoms with Crippen molar-refractivity contribution in [1.82, 2.24) is 9.13 Å². The lowest BCUT2D eigenvalue weighted by Gasteiger charge is -2.22. The second kappa shape index (κ2) is 5.88. The lowest BCUT2D eigenvalue weighted by atomic mass is 10.1. The van der Waals surface area contributed by atoms with Crippen molar-refractivity contribution >= 4 is 9.84 Å². The van der Waals surface area contributed by atoms with E-state index in [-0.39, 0.29) is 0 Å². The molecule has 1 saturated heterocycles. The number of hydrogen-bond donors (Lipinski definition) is 0. The maximum absolute atomic E-state index is 2.63. The SMILES string of the molecule is CCC(C)CN1CCN(C(C)CC)[Si]1. The van der Waals surface area contributed by atoms with Gasteiger partial charge in [-0.2, -0.15) is 0 Å². The molecule has 14 heavy (non-hydrogen) atoms. The van der Waals surface area contributed by atoms with Crippen LogP contribution < -0.4 is 0 Å². The van der Waals surface area contributed by atoms with Gasteiger partial charge in [0.1, 0.15) is 0 Å². The molecule has 2 radical (unpaired) electrons. The van der Waals surface area contributed by atoms with Crippen molar-refractivity contribution in [2.24, 2.45) is 5.92 Å². The van der Waals surface area contributed by atoms with E-state index >= 15 is 0 Å². The summed E-state index contributed by atoms with van der Waals surface area (Å²) >= 11 is 0. The summed E-state index contributed by atoms with van der Waals surface area (Å²) in [6.45, 7) is 13.1. The van der Waals surface area contributed by atoms with Crippen molar-refractivity contribution in [2.45, 2.75) is 46.6 Å². The normalized spacial score (nSPS) is 24.0. The van der Waals surface area contributed by atoms with E-state index in [0.29, 0.717) is 0 Å². The second-order valence-corrected chi connectivity index (χ2v) is 5.92. The average Bonchev–Trinajstić information content (AvgIpc) is 2.65. The quantitative estimate of drug-likeness (QED) is 0.643. The van der Waals surface area contributed by atoms with Crippen molar-refractivity contribution in [1.29, 1.82) is 0 Å². The van der Waals surface area contributed by atoms with E-state index in [1.165, 1.54) is 32.5 Å². The monoisotopic (exact) mass is 212 g/mol. The molecule has 3 heteroatoms. The Balaban J connectivity index is 2.26. The molecule has 0 aliphatic carbocycles. The van der Waals surface area contributed by atoms with Gasteiger partial charge in [-0.1, -0.05) is 34.1 Å². The molecule has 1 aliphatic rings. The number of nitrogens with zero attached hydrogens (tertiary/aromatic N) is 2. The van der Waals surface area contributed by atoms with Crippen molar-refractivity contribution in [3.8, 4) is 0 Å². The Kier molecular flexibility index (Phi) is 5.13. The largest absolute Gasteiger partial charge is 0.311 e. The Morgan fingerprint density at radius 2 is 1.86 bits per heavy atom. The van der Waals surface area contributed by atoms with Crippen molar-refractivity contribution < 1.29 is 0 Å². The fraction of sp³-hybridized carbons (Fsp3) is 1.00. The van der Waals surface area contributed by atoms with Crippen molar-refractivity contribution in [3.05, 3.63) is 0 Å². The first-order valence-electron chi connectivity index (χ1n) is 5.95. The molecular weight excluding hydrogens is 188 g/mol. The number of hydrogen-bond acceptors (Lipinski definition) is 2. The number of rotatable bonds is 5. The fourth-order valence-electron chi connectivity index (χ4n) is 1.69. The molecule has 0 spiro atoms. The van der Waals surface area contributed by atoms with Crippen LogP contribution in [0.5, 0.6) is 0 Å². The Morgan fingerprint density at radius 3 is 2.43 bits per heavy atom. The molecule has 1 aliphatic heterocycles. The maximum Gasteiger partial charge on any atom is 0.251 e. The third-order valence-corrected chi connectivity index (χ3v) is 4.84. The summed E-state index contributed by atoms with van der Waals surface area (Å²) in [5.74, 6) is 0.861. The molecule has 1 rings (SSSR count). The van der Waals surface area contributed by atoms with Crippen LogP contribution in [0.4, 0.5) is 0 Å². The van der Waals surface area contributed by atoms with E-state index in [0.717, 1.165) is 21.8 Å². The van der Waals surface area contributed by atoms with Gasteiger partial charge in [-0.25, -0.2) is 0 Å². The van der Waals surface area contributed by atoms with Crippen LogP contribution in [0.2, 0.25) is 0 Å². The minimum atomic E-state index is 0.773. The standard InChI is InChI=1S/C11H24N2Si/c1-5-10(3)9-12-7-8-13(14-12)11(4)6-2/h10-11H,5-9H2,1-4H3. The molecule has 0 N–H and O–H groups in total. The van der Waals surface area contributed by atoms with Crippen LogP contribution in [-0.4, -0.2) is 44.6 Å². The predicted octanol–water partition coefficient (Wildman–Crippen LogP) is 1.98. The zero-order valence-corrected chi connectivity index (χ0v) is 11.1. The molecule has 2 unspecified atom stereocenters. The minimum absolute atomic E-state index is 0.773. The average molecular weight is 212 g/mol. The smallest absolute Gasteiger partial charge is 0.251 e. The minimum Gasteiger partial charge on any atom is -0.311 e. The first-order chi connectivity index (χ1) is 6.67. The van der Waals surface area contributed by atoms with E-state index in [1.807, 2.05) is 0 Å². The molecule has 0 bridgehead atoms. The molecule has 1 heterocycles. The van der Waals surface area contributed by atoms with Gasteiger partial charge in [-0.15, -0.1) is 0 Å². The van der Waals surface area contributed by atoms with Gasteiger partial charge in [0.05, 0.1) is 0 Å². The third-order valence-electron chi connectivity index (χ3n) is 3.23. The van der Waals surface area contributed by atoms with Crippen LogP contribution in [0.15, 0.2) is 0 Å². The Bertz CT molecular complexity index is 163. The summed E-state index contributed by atoms with van der Waals surface area (Å²) in [7, 11) is 0.940. The van der Waals surface area contributed by atoms with Gasteiger partial charge in [-0.3, -0.25) is 0 Å². The van der Waals surface area contributed by atoms with Crippen LogP contribution in [0, 0.1) is 5.92 Å². The van der Waals surface area contributed by atoms with Crippen LogP contribution in [0.1, 0.15) is 40.5 Å². The molecular formula is C11H24N2Si. The molecule has 0 aromatic carbocycles. The molecule has 2 atom stereocenters. The van der Waals surface area contributed by atoms with Crippen LogP contribution in [0.25, 0.3) is 0 Å². The molecule has 0 saturated carbocycles. The lowest BCUT2D eigenvalue weighted by Crippen LogP contribution is -2.37. The van der Waals surface area contributed by atoms with Gasteiger partial charge in [0.15, 0.2) is 0 Å². The van der Waals surface area contributed by atoms with Gasteiger partial charge < -0.3 is 9.13 Å². The fourth-order valence-corrected chi connectivity index (χ4v) is 3.22. The summed E-state index contributed by atoms with van der Waals surface area (Å²) in [5.41, 5.74) is 0. The van der Waals surface area contributed by atoms with E-state index in [9.17, 15) is 0 Å². The van der Waals surface area contributed by atoms with Gasteiger partial charge in [-0.05, 0) is 18.9 Å². The van der Waals surface area contributed by atoms with Crippen LogP contribution in [0.3, 0.4) is 0 Å². The van der Waals surface area contributed by atoms with E-state index in [1.54, 1.807) is 0 Å². The first kappa shape index (κ1) is 12.2. The zero-order chi connectivity index (χ0) is 10.6. The molecule has 0 aromatic heterocycles. The highest BCUT2D eigenvalue weighted by Gasteiger charge is 2.25. The van der Waals surface area contributed by atoms with Crippen LogP contribution in [-0.2, 0) is 0 Å². The van der Waals surface area contributed by atoms with E-state index < -0.39 is 0 Å². The lowest BCUT2D eigenvalue weighted by molar-refractivity contribution is 0.366. The molecule has 2 nitrogen and oxygen atoms in total. The molecule has 82 valence electrons. The van der Waals surface area contributed by atoms with Crippen molar-refractivity contribution in [2.75, 3.05) is 19.6 Å². The summed E-state index contributed by atoms with van der Waals surface area (Å²) in [5, 5.41) is 0.